The van der Waals surface area contributed by atoms with Gasteiger partial charge in [0.1, 0.15) is 0 Å². The number of likely N-dealkylation sites (tertiary alicyclic amines) is 1. The number of nitrogens with zero attached hydrogens (tertiary/aromatic N) is 1. The first-order valence-corrected chi connectivity index (χ1v) is 7.77. The molecule has 4 heteroatoms. The predicted octanol–water partition coefficient (Wildman–Crippen LogP) is 2.63. The van der Waals surface area contributed by atoms with Gasteiger partial charge < -0.3 is 15.2 Å². The molecule has 1 amide bonds. The molecule has 1 saturated heterocycles. The highest BCUT2D eigenvalue weighted by Gasteiger charge is 2.17. The minimum absolute atomic E-state index is 0.0241. The highest BCUT2D eigenvalue weighted by Crippen LogP contribution is 2.19. The second kappa shape index (κ2) is 6.31. The third-order valence-corrected chi connectivity index (χ3v) is 4.51. The van der Waals surface area contributed by atoms with E-state index in [1.807, 2.05) is 30.5 Å². The Morgan fingerprint density at radius 3 is 2.95 bits per heavy atom. The van der Waals surface area contributed by atoms with Crippen molar-refractivity contribution in [2.24, 2.45) is 5.92 Å². The number of piperidine rings is 1. The molecular weight excluding hydrogens is 262 g/mol. The van der Waals surface area contributed by atoms with Crippen molar-refractivity contribution in [3.63, 3.8) is 0 Å². The maximum atomic E-state index is 12.3. The number of amides is 1. The van der Waals surface area contributed by atoms with Gasteiger partial charge in [-0.2, -0.15) is 0 Å². The van der Waals surface area contributed by atoms with E-state index in [2.05, 4.69) is 22.2 Å². The van der Waals surface area contributed by atoms with Crippen molar-refractivity contribution in [2.75, 3.05) is 26.7 Å². The topological polar surface area (TPSA) is 48.1 Å². The van der Waals surface area contributed by atoms with Gasteiger partial charge in [-0.3, -0.25) is 4.79 Å². The normalized spacial score (nSPS) is 17.2. The first-order valence-electron chi connectivity index (χ1n) is 7.77. The Balaban J connectivity index is 1.54. The van der Waals surface area contributed by atoms with Crippen molar-refractivity contribution in [1.82, 2.24) is 15.2 Å². The molecule has 1 aromatic carbocycles. The molecule has 2 aromatic rings. The summed E-state index contributed by atoms with van der Waals surface area (Å²) in [5, 5.41) is 4.15. The molecular formula is C17H23N3O. The van der Waals surface area contributed by atoms with Crippen LogP contribution < -0.4 is 5.32 Å². The summed E-state index contributed by atoms with van der Waals surface area (Å²) in [4.78, 5) is 17.8. The van der Waals surface area contributed by atoms with Crippen molar-refractivity contribution >= 4 is 16.8 Å². The number of para-hydroxylation sites is 1. The standard InChI is InChI=1S/C17H23N3O/c1-20-11-7-13(8-12-20)5-9-19-17(21)15-4-2-3-14-6-10-18-16(14)15/h2-4,6,10,13,18H,5,7-9,11-12H2,1H3,(H,19,21). The molecule has 1 aromatic heterocycles. The van der Waals surface area contributed by atoms with Crippen molar-refractivity contribution in [1.29, 1.82) is 0 Å². The third-order valence-electron chi connectivity index (χ3n) is 4.51. The van der Waals surface area contributed by atoms with Crippen LogP contribution in [0.25, 0.3) is 10.9 Å². The number of aromatic nitrogens is 1. The SMILES string of the molecule is CN1CCC(CCNC(=O)c2cccc3cc[nH]c23)CC1. The van der Waals surface area contributed by atoms with Gasteiger partial charge in [0.15, 0.2) is 0 Å². The van der Waals surface area contributed by atoms with Crippen molar-refractivity contribution in [2.45, 2.75) is 19.3 Å². The number of nitrogens with one attached hydrogen (secondary N) is 2. The lowest BCUT2D eigenvalue weighted by Crippen LogP contribution is -2.32. The molecule has 0 bridgehead atoms. The van der Waals surface area contributed by atoms with E-state index >= 15 is 0 Å². The Morgan fingerprint density at radius 2 is 2.14 bits per heavy atom. The van der Waals surface area contributed by atoms with Gasteiger partial charge in [-0.25, -0.2) is 0 Å². The van der Waals surface area contributed by atoms with E-state index in [-0.39, 0.29) is 5.91 Å². The predicted molar refractivity (Wildman–Crippen MR) is 85.5 cm³/mol. The molecule has 0 aliphatic carbocycles. The average Bonchev–Trinajstić information content (AvgIpc) is 2.97. The van der Waals surface area contributed by atoms with Gasteiger partial charge in [0.05, 0.1) is 11.1 Å². The average molecular weight is 285 g/mol. The summed E-state index contributed by atoms with van der Waals surface area (Å²) in [6.07, 6.45) is 5.46. The van der Waals surface area contributed by atoms with Crippen LogP contribution in [0.5, 0.6) is 0 Å². The van der Waals surface area contributed by atoms with Gasteiger partial charge in [0.2, 0.25) is 0 Å². The number of hydrogen-bond donors (Lipinski definition) is 2. The number of H-pyrrole nitrogens is 1. The first kappa shape index (κ1) is 14.1. The summed E-state index contributed by atoms with van der Waals surface area (Å²) < 4.78 is 0. The molecule has 21 heavy (non-hydrogen) atoms. The monoisotopic (exact) mass is 285 g/mol. The van der Waals surface area contributed by atoms with E-state index < -0.39 is 0 Å². The van der Waals surface area contributed by atoms with Gasteiger partial charge in [-0.1, -0.05) is 12.1 Å². The van der Waals surface area contributed by atoms with Gasteiger partial charge in [0.25, 0.3) is 5.91 Å². The van der Waals surface area contributed by atoms with Crippen molar-refractivity contribution < 1.29 is 4.79 Å². The van der Waals surface area contributed by atoms with Crippen LogP contribution in [-0.2, 0) is 0 Å². The Hall–Kier alpha value is -1.81. The summed E-state index contributed by atoms with van der Waals surface area (Å²) in [5.74, 6) is 0.777. The molecule has 1 fully saturated rings. The van der Waals surface area contributed by atoms with Crippen LogP contribution >= 0.6 is 0 Å². The molecule has 0 saturated carbocycles. The van der Waals surface area contributed by atoms with E-state index in [9.17, 15) is 4.79 Å². The third kappa shape index (κ3) is 3.27. The highest BCUT2D eigenvalue weighted by atomic mass is 16.1. The number of rotatable bonds is 4. The molecule has 0 atom stereocenters. The van der Waals surface area contributed by atoms with Crippen LogP contribution in [0.2, 0.25) is 0 Å². The summed E-state index contributed by atoms with van der Waals surface area (Å²) >= 11 is 0. The van der Waals surface area contributed by atoms with Crippen LogP contribution in [-0.4, -0.2) is 42.5 Å². The molecule has 2 heterocycles. The Kier molecular flexibility index (Phi) is 4.25. The zero-order chi connectivity index (χ0) is 14.7. The highest BCUT2D eigenvalue weighted by molar-refractivity contribution is 6.05. The molecule has 4 nitrogen and oxygen atoms in total. The lowest BCUT2D eigenvalue weighted by molar-refractivity contribution is 0.0950. The molecule has 0 unspecified atom stereocenters. The summed E-state index contributed by atoms with van der Waals surface area (Å²) in [6, 6.07) is 7.82. The van der Waals surface area contributed by atoms with E-state index in [1.54, 1.807) is 0 Å². The van der Waals surface area contributed by atoms with Crippen LogP contribution in [0, 0.1) is 5.92 Å². The number of fused-ring (bicyclic) bond motifs is 1. The Labute approximate surface area is 125 Å². The second-order valence-electron chi connectivity index (χ2n) is 6.04. The van der Waals surface area contributed by atoms with E-state index in [0.717, 1.165) is 35.3 Å². The first-order chi connectivity index (χ1) is 10.2. The van der Waals surface area contributed by atoms with Crippen LogP contribution in [0.4, 0.5) is 0 Å². The van der Waals surface area contributed by atoms with Crippen LogP contribution in [0.1, 0.15) is 29.6 Å². The smallest absolute Gasteiger partial charge is 0.253 e. The molecule has 0 spiro atoms. The summed E-state index contributed by atoms with van der Waals surface area (Å²) in [6.45, 7) is 3.13. The number of benzene rings is 1. The molecule has 1 aliphatic heterocycles. The number of hydrogen-bond acceptors (Lipinski definition) is 2. The van der Waals surface area contributed by atoms with Gasteiger partial charge in [-0.15, -0.1) is 0 Å². The minimum atomic E-state index is 0.0241. The molecule has 1 aliphatic rings. The molecule has 112 valence electrons. The number of aromatic amines is 1. The fourth-order valence-corrected chi connectivity index (χ4v) is 3.11. The quantitative estimate of drug-likeness (QED) is 0.907. The van der Waals surface area contributed by atoms with Crippen molar-refractivity contribution in [3.05, 3.63) is 36.0 Å². The zero-order valence-corrected chi connectivity index (χ0v) is 12.6. The Bertz CT molecular complexity index is 611. The number of carbonyl (C=O) groups excluding carboxylic acids is 1. The van der Waals surface area contributed by atoms with E-state index in [4.69, 9.17) is 0 Å². The van der Waals surface area contributed by atoms with Gasteiger partial charge >= 0.3 is 0 Å². The molecule has 0 radical (unpaired) electrons. The van der Waals surface area contributed by atoms with E-state index in [0.29, 0.717) is 0 Å². The fourth-order valence-electron chi connectivity index (χ4n) is 3.11. The Morgan fingerprint density at radius 1 is 1.33 bits per heavy atom. The van der Waals surface area contributed by atoms with Gasteiger partial charge in [0, 0.05) is 18.1 Å². The van der Waals surface area contributed by atoms with Crippen LogP contribution in [0.3, 0.4) is 0 Å². The van der Waals surface area contributed by atoms with Gasteiger partial charge in [-0.05, 0) is 57.5 Å². The largest absolute Gasteiger partial charge is 0.361 e. The maximum absolute atomic E-state index is 12.3. The summed E-state index contributed by atoms with van der Waals surface area (Å²) in [5.41, 5.74) is 1.66. The van der Waals surface area contributed by atoms with E-state index in [1.165, 1.54) is 25.9 Å². The lowest BCUT2D eigenvalue weighted by atomic mass is 9.94. The molecule has 3 rings (SSSR count). The zero-order valence-electron chi connectivity index (χ0n) is 12.6. The minimum Gasteiger partial charge on any atom is -0.361 e. The van der Waals surface area contributed by atoms with Crippen molar-refractivity contribution in [3.8, 4) is 0 Å². The maximum Gasteiger partial charge on any atom is 0.253 e. The number of carbonyl (C=O) groups is 1. The molecule has 2 N–H and O–H groups in total. The second-order valence-corrected chi connectivity index (χ2v) is 6.04. The van der Waals surface area contributed by atoms with Crippen LogP contribution in [0.15, 0.2) is 30.5 Å². The summed E-state index contributed by atoms with van der Waals surface area (Å²) in [7, 11) is 2.18. The lowest BCUT2D eigenvalue weighted by Gasteiger charge is -2.28. The fraction of sp³-hybridized carbons (Fsp3) is 0.471.